The van der Waals surface area contributed by atoms with Gasteiger partial charge in [-0.05, 0) is 36.3 Å². The van der Waals surface area contributed by atoms with E-state index in [-0.39, 0.29) is 22.3 Å². The van der Waals surface area contributed by atoms with Crippen LogP contribution in [0.15, 0.2) is 21.8 Å². The Balaban J connectivity index is 1.37. The lowest BCUT2D eigenvalue weighted by Gasteiger charge is -2.49. The molecule has 2 atom stereocenters. The van der Waals surface area contributed by atoms with Gasteiger partial charge in [-0.1, -0.05) is 18.7 Å². The number of carboxylic acids is 1. The Morgan fingerprint density at radius 2 is 2.05 bits per heavy atom. The van der Waals surface area contributed by atoms with Gasteiger partial charge in [-0.3, -0.25) is 24.6 Å². The number of ketones is 1. The monoisotopic (exact) mass is 596 g/mol. The molecule has 2 aromatic rings. The van der Waals surface area contributed by atoms with Gasteiger partial charge in [-0.15, -0.1) is 28.2 Å². The van der Waals surface area contributed by atoms with E-state index >= 15 is 0 Å². The first-order chi connectivity index (χ1) is 18.4. The van der Waals surface area contributed by atoms with E-state index in [1.165, 1.54) is 33.6 Å². The maximum Gasteiger partial charge on any atom is 0.413 e. The lowest BCUT2D eigenvalue weighted by atomic mass is 10.0. The number of Topliss-reactive ketones (excluding diaryl/α,β-unsaturated/α-hetero) is 1. The smallest absolute Gasteiger partial charge is 0.413 e. The van der Waals surface area contributed by atoms with E-state index in [0.717, 1.165) is 16.2 Å². The molecule has 18 heteroatoms. The van der Waals surface area contributed by atoms with E-state index < -0.39 is 46.7 Å². The van der Waals surface area contributed by atoms with Crippen LogP contribution in [0.1, 0.15) is 37.7 Å². The van der Waals surface area contributed by atoms with Crippen molar-refractivity contribution in [1.82, 2.24) is 35.4 Å². The van der Waals surface area contributed by atoms with Gasteiger partial charge in [-0.2, -0.15) is 0 Å². The van der Waals surface area contributed by atoms with Crippen molar-refractivity contribution in [3.63, 3.8) is 0 Å². The van der Waals surface area contributed by atoms with Crippen LogP contribution in [0.5, 0.6) is 0 Å². The number of anilines is 1. The number of amides is 3. The fourth-order valence-electron chi connectivity index (χ4n) is 3.48. The molecule has 0 radical (unpaired) electrons. The summed E-state index contributed by atoms with van der Waals surface area (Å²) in [4.78, 5) is 67.3. The van der Waals surface area contributed by atoms with E-state index in [9.17, 15) is 29.1 Å². The molecule has 4 rings (SSSR count). The van der Waals surface area contributed by atoms with Crippen molar-refractivity contribution in [3.8, 4) is 0 Å². The maximum absolute atomic E-state index is 12.9. The van der Waals surface area contributed by atoms with Gasteiger partial charge in [0.1, 0.15) is 28.4 Å². The number of carbonyl (C=O) groups is 5. The zero-order valence-electron chi connectivity index (χ0n) is 21.2. The number of hydrogen-bond acceptors (Lipinski definition) is 13. The highest BCUT2D eigenvalue weighted by atomic mass is 32.2. The highest BCUT2D eigenvalue weighted by molar-refractivity contribution is 8.01. The van der Waals surface area contributed by atoms with Crippen molar-refractivity contribution >= 4 is 69.7 Å². The number of hydrogen-bond donors (Lipinski definition) is 3. The third-order valence-corrected chi connectivity index (χ3v) is 9.06. The number of carbonyl (C=O) groups excluding carboxylic acids is 4. The fourth-order valence-corrected chi connectivity index (χ4v) is 6.50. The standard InChI is InChI=1S/C21H24N8O7S3/c1-5-21(2,3)36-20(35)24-18-22-10(8-38-18)13(30)14(31)23-11-15(32)29-12(17(33)34)9(6-37-16(11)29)7-39-19-25-26-27-28(19)4/h8,11,16H,5-7H2,1-4H3,(H,23,31)(H,33,34)(H,22,24,35)/t11?,16-/m1/s1. The zero-order chi connectivity index (χ0) is 28.5. The van der Waals surface area contributed by atoms with Gasteiger partial charge in [0, 0.05) is 23.9 Å². The van der Waals surface area contributed by atoms with Crippen molar-refractivity contribution in [2.45, 2.75) is 49.4 Å². The molecular weight excluding hydrogens is 572 g/mol. The van der Waals surface area contributed by atoms with Crippen molar-refractivity contribution in [1.29, 1.82) is 0 Å². The number of thiazole rings is 1. The zero-order valence-corrected chi connectivity index (χ0v) is 23.6. The number of aromatic nitrogens is 5. The molecule has 39 heavy (non-hydrogen) atoms. The second kappa shape index (κ2) is 11.3. The van der Waals surface area contributed by atoms with Gasteiger partial charge in [0.2, 0.25) is 5.16 Å². The number of rotatable bonds is 10. The quantitative estimate of drug-likeness (QED) is 0.153. The summed E-state index contributed by atoms with van der Waals surface area (Å²) >= 11 is 3.44. The molecule has 2 aliphatic rings. The van der Waals surface area contributed by atoms with Crippen molar-refractivity contribution in [3.05, 3.63) is 22.3 Å². The number of nitrogens with one attached hydrogen (secondary N) is 2. The molecule has 2 aromatic heterocycles. The van der Waals surface area contributed by atoms with Crippen molar-refractivity contribution in [2.24, 2.45) is 7.05 Å². The van der Waals surface area contributed by atoms with E-state index in [0.29, 0.717) is 22.9 Å². The van der Waals surface area contributed by atoms with Crippen LogP contribution in [0.2, 0.25) is 0 Å². The first-order valence-corrected chi connectivity index (χ1v) is 14.4. The molecule has 3 amide bonds. The summed E-state index contributed by atoms with van der Waals surface area (Å²) in [5, 5.41) is 26.9. The summed E-state index contributed by atoms with van der Waals surface area (Å²) < 4.78 is 6.72. The molecule has 1 saturated heterocycles. The number of aryl methyl sites for hydroxylation is 1. The van der Waals surface area contributed by atoms with Crippen LogP contribution < -0.4 is 10.6 Å². The first kappa shape index (κ1) is 28.5. The Bertz CT molecular complexity index is 1370. The topological polar surface area (TPSA) is 199 Å². The van der Waals surface area contributed by atoms with Crippen molar-refractivity contribution < 1.29 is 33.8 Å². The first-order valence-electron chi connectivity index (χ1n) is 11.5. The summed E-state index contributed by atoms with van der Waals surface area (Å²) in [6.45, 7) is 5.35. The second-order valence-corrected chi connectivity index (χ2v) is 11.9. The van der Waals surface area contributed by atoms with Crippen LogP contribution in [0.4, 0.5) is 9.93 Å². The maximum atomic E-state index is 12.9. The summed E-state index contributed by atoms with van der Waals surface area (Å²) in [6, 6.07) is -1.08. The van der Waals surface area contributed by atoms with Gasteiger partial charge in [0.25, 0.3) is 17.6 Å². The number of nitrogens with zero attached hydrogens (tertiary/aromatic N) is 6. The Hall–Kier alpha value is -3.51. The van der Waals surface area contributed by atoms with E-state index in [1.807, 2.05) is 6.92 Å². The third-order valence-electron chi connectivity index (χ3n) is 5.87. The number of ether oxygens (including phenoxy) is 1. The van der Waals surface area contributed by atoms with E-state index in [4.69, 9.17) is 4.74 Å². The molecule has 0 saturated carbocycles. The van der Waals surface area contributed by atoms with E-state index in [1.54, 1.807) is 20.9 Å². The van der Waals surface area contributed by atoms with Crippen LogP contribution >= 0.6 is 34.9 Å². The Labute approximate surface area is 234 Å². The van der Waals surface area contributed by atoms with Crippen LogP contribution in [-0.2, 0) is 26.2 Å². The molecule has 0 aliphatic carbocycles. The fraction of sp³-hybridized carbons (Fsp3) is 0.476. The molecule has 1 unspecified atom stereocenters. The van der Waals surface area contributed by atoms with Crippen molar-refractivity contribution in [2.75, 3.05) is 16.8 Å². The lowest BCUT2D eigenvalue weighted by molar-refractivity contribution is -0.150. The molecule has 0 bridgehead atoms. The van der Waals surface area contributed by atoms with Crippen LogP contribution in [0, 0.1) is 0 Å². The SMILES string of the molecule is CCC(C)(C)OC(=O)Nc1nc(C(=O)C(=O)NC2C(=O)N3C(C(=O)O)=C(CSc4nnnn4C)CS[C@H]23)cs1. The van der Waals surface area contributed by atoms with Crippen LogP contribution in [0.25, 0.3) is 0 Å². The largest absolute Gasteiger partial charge is 0.477 e. The number of β-lactam (4-membered cyclic amide) rings is 1. The average Bonchev–Trinajstić information content (AvgIpc) is 3.52. The third kappa shape index (κ3) is 6.06. The van der Waals surface area contributed by atoms with Crippen LogP contribution in [-0.4, -0.2) is 93.4 Å². The van der Waals surface area contributed by atoms with Gasteiger partial charge >= 0.3 is 12.1 Å². The molecule has 208 valence electrons. The van der Waals surface area contributed by atoms with Gasteiger partial charge in [-0.25, -0.2) is 19.3 Å². The van der Waals surface area contributed by atoms with E-state index in [2.05, 4.69) is 31.1 Å². The number of aliphatic carboxylic acids is 1. The normalized spacial score (nSPS) is 18.8. The molecule has 3 N–H and O–H groups in total. The number of thioether (sulfide) groups is 2. The molecular formula is C21H24N8O7S3. The van der Waals surface area contributed by atoms with Gasteiger partial charge in [0.05, 0.1) is 0 Å². The number of fused-ring (bicyclic) bond motifs is 1. The Morgan fingerprint density at radius 1 is 1.31 bits per heavy atom. The highest BCUT2D eigenvalue weighted by Crippen LogP contribution is 2.41. The number of carboxylic acid groups (broad SMARTS) is 1. The minimum atomic E-state index is -1.27. The second-order valence-electron chi connectivity index (χ2n) is 8.99. The molecule has 1 fully saturated rings. The summed E-state index contributed by atoms with van der Waals surface area (Å²) in [5.74, 6) is -3.45. The Kier molecular flexibility index (Phi) is 8.26. The predicted molar refractivity (Wildman–Crippen MR) is 140 cm³/mol. The molecule has 0 aromatic carbocycles. The molecule has 0 spiro atoms. The lowest BCUT2D eigenvalue weighted by Crippen LogP contribution is -2.71. The minimum absolute atomic E-state index is 0.0653. The predicted octanol–water partition coefficient (Wildman–Crippen LogP) is 1.12. The molecule has 15 nitrogen and oxygen atoms in total. The highest BCUT2D eigenvalue weighted by Gasteiger charge is 2.54. The number of tetrazole rings is 1. The Morgan fingerprint density at radius 3 is 2.69 bits per heavy atom. The van der Waals surface area contributed by atoms with Gasteiger partial charge < -0.3 is 15.2 Å². The minimum Gasteiger partial charge on any atom is -0.477 e. The summed E-state index contributed by atoms with van der Waals surface area (Å²) in [5.41, 5.74) is -0.555. The van der Waals surface area contributed by atoms with Crippen LogP contribution in [0.3, 0.4) is 0 Å². The molecule has 4 heterocycles. The average molecular weight is 597 g/mol. The summed E-state index contributed by atoms with van der Waals surface area (Å²) in [7, 11) is 1.65. The molecule has 2 aliphatic heterocycles. The van der Waals surface area contributed by atoms with Gasteiger partial charge in [0.15, 0.2) is 5.13 Å². The summed E-state index contributed by atoms with van der Waals surface area (Å²) in [6.07, 6.45) is -0.161.